The zero-order valence-electron chi connectivity index (χ0n) is 17.4. The highest BCUT2D eigenvalue weighted by molar-refractivity contribution is 6.07. The number of anilines is 5. The molecular weight excluding hydrogens is 386 g/mol. The van der Waals surface area contributed by atoms with Crippen molar-refractivity contribution in [2.45, 2.75) is 6.92 Å². The molecule has 0 spiro atoms. The van der Waals surface area contributed by atoms with E-state index in [1.807, 2.05) is 60.7 Å². The molecule has 0 saturated heterocycles. The molecule has 3 N–H and O–H groups in total. The fourth-order valence-corrected chi connectivity index (χ4v) is 4.00. The van der Waals surface area contributed by atoms with Crippen molar-refractivity contribution in [1.82, 2.24) is 0 Å². The van der Waals surface area contributed by atoms with Gasteiger partial charge in [-0.05, 0) is 37.3 Å². The first-order valence-electron chi connectivity index (χ1n) is 10.5. The molecule has 0 amide bonds. The summed E-state index contributed by atoms with van der Waals surface area (Å²) in [7, 11) is 0. The van der Waals surface area contributed by atoms with Gasteiger partial charge in [0.1, 0.15) is 0 Å². The summed E-state index contributed by atoms with van der Waals surface area (Å²) in [6.45, 7) is 3.59. The Kier molecular flexibility index (Phi) is 5.10. The molecule has 0 bridgehead atoms. The van der Waals surface area contributed by atoms with Gasteiger partial charge in [0.05, 0.1) is 23.7 Å². The van der Waals surface area contributed by atoms with Crippen LogP contribution in [0.4, 0.5) is 28.4 Å². The summed E-state index contributed by atoms with van der Waals surface area (Å²) in [5, 5.41) is 18.5. The molecule has 5 nitrogen and oxygen atoms in total. The number of para-hydroxylation sites is 1. The largest absolute Gasteiger partial charge is 0.453 e. The van der Waals surface area contributed by atoms with Gasteiger partial charge in [-0.3, -0.25) is 0 Å². The van der Waals surface area contributed by atoms with Crippen molar-refractivity contribution < 1.29 is 9.84 Å². The molecule has 0 saturated carbocycles. The number of benzene rings is 4. The Labute approximate surface area is 181 Å². The second kappa shape index (κ2) is 8.20. The molecule has 1 radical (unpaired) electrons. The number of rotatable bonds is 6. The Morgan fingerprint density at radius 2 is 1.90 bits per heavy atom. The van der Waals surface area contributed by atoms with E-state index >= 15 is 0 Å². The number of nitrogens with one attached hydrogen (secondary N) is 2. The molecule has 1 aliphatic heterocycles. The van der Waals surface area contributed by atoms with Gasteiger partial charge in [-0.25, -0.2) is 0 Å². The van der Waals surface area contributed by atoms with E-state index in [1.54, 1.807) is 0 Å². The molecular formula is C26H24N3O2. The molecule has 4 aromatic carbocycles. The van der Waals surface area contributed by atoms with Gasteiger partial charge in [0.25, 0.3) is 0 Å². The minimum absolute atomic E-state index is 0.114. The van der Waals surface area contributed by atoms with Crippen LogP contribution in [0.5, 0.6) is 11.5 Å². The summed E-state index contributed by atoms with van der Waals surface area (Å²) in [6.07, 6.45) is 0. The van der Waals surface area contributed by atoms with Crippen LogP contribution in [-0.2, 0) is 0 Å². The third-order valence-electron chi connectivity index (χ3n) is 5.53. The number of hydrogen-bond donors (Lipinski definition) is 3. The van der Waals surface area contributed by atoms with E-state index in [-0.39, 0.29) is 6.61 Å². The van der Waals surface area contributed by atoms with Crippen LogP contribution in [0, 0.1) is 6.07 Å². The number of hydrogen-bond acceptors (Lipinski definition) is 5. The molecule has 1 heterocycles. The second-order valence-corrected chi connectivity index (χ2v) is 7.46. The first-order valence-corrected chi connectivity index (χ1v) is 10.5. The summed E-state index contributed by atoms with van der Waals surface area (Å²) in [6, 6.07) is 27.6. The summed E-state index contributed by atoms with van der Waals surface area (Å²) in [4.78, 5) is 2.12. The lowest BCUT2D eigenvalue weighted by atomic mass is 10.0. The monoisotopic (exact) mass is 410 g/mol. The van der Waals surface area contributed by atoms with Crippen LogP contribution in [0.15, 0.2) is 72.8 Å². The van der Waals surface area contributed by atoms with E-state index in [1.165, 1.54) is 0 Å². The Bertz CT molecular complexity index is 1220. The Morgan fingerprint density at radius 3 is 2.71 bits per heavy atom. The van der Waals surface area contributed by atoms with Gasteiger partial charge < -0.3 is 25.4 Å². The highest BCUT2D eigenvalue weighted by Gasteiger charge is 2.22. The SMILES string of the molecule is CCN(CCO)c1ccc2c(c1)Oc1cc(Nc3ccccc3)c3ccc[c]c3c1N2. The van der Waals surface area contributed by atoms with Gasteiger partial charge in [-0.15, -0.1) is 0 Å². The van der Waals surface area contributed by atoms with Crippen molar-refractivity contribution in [1.29, 1.82) is 0 Å². The molecule has 0 atom stereocenters. The lowest BCUT2D eigenvalue weighted by molar-refractivity contribution is 0.302. The summed E-state index contributed by atoms with van der Waals surface area (Å²) >= 11 is 0. The van der Waals surface area contributed by atoms with E-state index in [2.05, 4.69) is 40.7 Å². The fourth-order valence-electron chi connectivity index (χ4n) is 4.00. The van der Waals surface area contributed by atoms with Crippen LogP contribution in [0.3, 0.4) is 0 Å². The van der Waals surface area contributed by atoms with Gasteiger partial charge in [0.2, 0.25) is 0 Å². The molecule has 0 aliphatic carbocycles. The fraction of sp³-hybridized carbons (Fsp3) is 0.154. The van der Waals surface area contributed by atoms with Crippen molar-refractivity contribution in [2.75, 3.05) is 35.2 Å². The van der Waals surface area contributed by atoms with Gasteiger partial charge in [0.15, 0.2) is 11.5 Å². The Hall–Kier alpha value is -3.70. The number of nitrogens with zero attached hydrogens (tertiary/aromatic N) is 1. The first kappa shape index (κ1) is 19.3. The van der Waals surface area contributed by atoms with Gasteiger partial charge in [-0.2, -0.15) is 0 Å². The van der Waals surface area contributed by atoms with E-state index in [9.17, 15) is 5.11 Å². The van der Waals surface area contributed by atoms with Crippen molar-refractivity contribution in [2.24, 2.45) is 0 Å². The molecule has 1 aliphatic rings. The van der Waals surface area contributed by atoms with Crippen molar-refractivity contribution >= 4 is 39.2 Å². The molecule has 31 heavy (non-hydrogen) atoms. The van der Waals surface area contributed by atoms with E-state index < -0.39 is 0 Å². The summed E-state index contributed by atoms with van der Waals surface area (Å²) in [5.74, 6) is 1.52. The lowest BCUT2D eigenvalue weighted by Gasteiger charge is -2.27. The number of aliphatic hydroxyl groups is 1. The Balaban J connectivity index is 1.56. The summed E-state index contributed by atoms with van der Waals surface area (Å²) in [5.41, 5.74) is 4.83. The van der Waals surface area contributed by atoms with E-state index in [0.29, 0.717) is 6.54 Å². The van der Waals surface area contributed by atoms with Crippen LogP contribution < -0.4 is 20.3 Å². The van der Waals surface area contributed by atoms with Crippen LogP contribution in [0.1, 0.15) is 6.92 Å². The number of ether oxygens (including phenoxy) is 1. The second-order valence-electron chi connectivity index (χ2n) is 7.46. The normalized spacial score (nSPS) is 11.8. The minimum Gasteiger partial charge on any atom is -0.453 e. The third-order valence-corrected chi connectivity index (χ3v) is 5.53. The van der Waals surface area contributed by atoms with Crippen molar-refractivity contribution in [3.05, 3.63) is 78.9 Å². The van der Waals surface area contributed by atoms with Crippen LogP contribution in [0.2, 0.25) is 0 Å². The van der Waals surface area contributed by atoms with Crippen LogP contribution >= 0.6 is 0 Å². The summed E-state index contributed by atoms with van der Waals surface area (Å²) < 4.78 is 6.37. The van der Waals surface area contributed by atoms with Gasteiger partial charge in [0, 0.05) is 47.4 Å². The zero-order chi connectivity index (χ0) is 21.2. The molecule has 0 fully saturated rings. The molecule has 5 heteroatoms. The maximum absolute atomic E-state index is 9.35. The van der Waals surface area contributed by atoms with Crippen molar-refractivity contribution in [3.8, 4) is 11.5 Å². The maximum atomic E-state index is 9.35. The quantitative estimate of drug-likeness (QED) is 0.318. The highest BCUT2D eigenvalue weighted by atomic mass is 16.5. The molecule has 0 aromatic heterocycles. The maximum Gasteiger partial charge on any atom is 0.153 e. The van der Waals surface area contributed by atoms with Crippen molar-refractivity contribution in [3.63, 3.8) is 0 Å². The Morgan fingerprint density at radius 1 is 1.03 bits per heavy atom. The molecule has 0 unspecified atom stereocenters. The standard InChI is InChI=1S/C26H24N3O2/c1-2-29(14-15-30)19-12-13-22-24(16-19)31-25-17-23(27-18-8-4-3-5-9-18)20-10-6-7-11-21(20)26(25)28-22/h3-10,12-13,16-17,27-28,30H,2,14-15H2,1H3. The van der Waals surface area contributed by atoms with E-state index in [0.717, 1.165) is 57.3 Å². The first-order chi connectivity index (χ1) is 15.3. The smallest absolute Gasteiger partial charge is 0.153 e. The predicted molar refractivity (Wildman–Crippen MR) is 127 cm³/mol. The minimum atomic E-state index is 0.114. The van der Waals surface area contributed by atoms with Crippen LogP contribution in [-0.4, -0.2) is 24.8 Å². The zero-order valence-corrected chi connectivity index (χ0v) is 17.4. The van der Waals surface area contributed by atoms with Gasteiger partial charge in [-0.1, -0.05) is 36.4 Å². The number of aliphatic hydroxyl groups excluding tert-OH is 1. The highest BCUT2D eigenvalue weighted by Crippen LogP contribution is 2.48. The average molecular weight is 410 g/mol. The predicted octanol–water partition coefficient (Wildman–Crippen LogP) is 6.05. The topological polar surface area (TPSA) is 56.8 Å². The number of fused-ring (bicyclic) bond motifs is 4. The lowest BCUT2D eigenvalue weighted by Crippen LogP contribution is -2.26. The molecule has 5 rings (SSSR count). The molecule has 155 valence electrons. The average Bonchev–Trinajstić information content (AvgIpc) is 2.82. The molecule has 4 aromatic rings. The van der Waals surface area contributed by atoms with Gasteiger partial charge >= 0.3 is 0 Å². The third kappa shape index (κ3) is 3.64. The van der Waals surface area contributed by atoms with E-state index in [4.69, 9.17) is 4.74 Å². The van der Waals surface area contributed by atoms with Crippen LogP contribution in [0.25, 0.3) is 10.8 Å². The number of likely N-dealkylation sites (N-methyl/N-ethyl adjacent to an activating group) is 1.